The molecule has 0 radical (unpaired) electrons. The minimum atomic E-state index is -0.475. The number of carbonyl (C=O) groups excluding carboxylic acids is 3. The van der Waals surface area contributed by atoms with Crippen LogP contribution >= 0.6 is 11.3 Å². The fraction of sp³-hybridized carbons (Fsp3) is 0.500. The molecule has 0 bridgehead atoms. The van der Waals surface area contributed by atoms with E-state index in [1.165, 1.54) is 21.8 Å². The normalized spacial score (nSPS) is 15.7. The fourth-order valence-electron chi connectivity index (χ4n) is 3.86. The summed E-state index contributed by atoms with van der Waals surface area (Å²) in [6.45, 7) is 7.20. The SMILES string of the molecule is CCOC(=O)c1c(C)[nH]c(C(=O)COC(=O)c2cc3c(s2)CC[C@@H](CC)C3)c1C. The molecule has 0 fully saturated rings. The second kappa shape index (κ2) is 8.95. The second-order valence-electron chi connectivity index (χ2n) is 7.42. The van der Waals surface area contributed by atoms with Gasteiger partial charge in [-0.05, 0) is 63.1 Å². The summed E-state index contributed by atoms with van der Waals surface area (Å²) >= 11 is 1.47. The summed E-state index contributed by atoms with van der Waals surface area (Å²) in [6.07, 6.45) is 4.31. The van der Waals surface area contributed by atoms with Crippen LogP contribution in [0, 0.1) is 19.8 Å². The molecule has 0 unspecified atom stereocenters. The minimum Gasteiger partial charge on any atom is -0.462 e. The summed E-state index contributed by atoms with van der Waals surface area (Å²) in [5, 5.41) is 0. The third-order valence-corrected chi connectivity index (χ3v) is 6.71. The summed E-state index contributed by atoms with van der Waals surface area (Å²) in [6, 6.07) is 1.91. The van der Waals surface area contributed by atoms with Crippen LogP contribution in [0.5, 0.6) is 0 Å². The summed E-state index contributed by atoms with van der Waals surface area (Å²) in [5.41, 5.74) is 2.94. The molecule has 2 aromatic rings. The van der Waals surface area contributed by atoms with E-state index in [4.69, 9.17) is 9.47 Å². The number of nitrogens with one attached hydrogen (secondary N) is 1. The zero-order chi connectivity index (χ0) is 21.1. The van der Waals surface area contributed by atoms with Gasteiger partial charge in [-0.15, -0.1) is 11.3 Å². The molecule has 0 aliphatic heterocycles. The van der Waals surface area contributed by atoms with Crippen molar-refractivity contribution in [3.63, 3.8) is 0 Å². The van der Waals surface area contributed by atoms with E-state index < -0.39 is 11.9 Å². The first-order chi connectivity index (χ1) is 13.8. The van der Waals surface area contributed by atoms with Gasteiger partial charge in [0.2, 0.25) is 5.78 Å². The molecule has 1 aliphatic rings. The van der Waals surface area contributed by atoms with Crippen molar-refractivity contribution >= 4 is 29.1 Å². The maximum Gasteiger partial charge on any atom is 0.348 e. The molecular weight excluding hydrogens is 390 g/mol. The summed E-state index contributed by atoms with van der Waals surface area (Å²) in [7, 11) is 0. The van der Waals surface area contributed by atoms with E-state index in [9.17, 15) is 14.4 Å². The standard InChI is InChI=1S/C22H27NO5S/c1-5-14-7-8-17-15(9-14)10-18(29-17)21(25)28-11-16(24)20-12(3)19(13(4)23-20)22(26)27-6-2/h10,14,23H,5-9,11H2,1-4H3/t14-/m1/s1. The number of carbonyl (C=O) groups is 3. The van der Waals surface area contributed by atoms with Crippen LogP contribution < -0.4 is 0 Å². The summed E-state index contributed by atoms with van der Waals surface area (Å²) in [5.74, 6) is -0.640. The molecule has 0 saturated carbocycles. The first-order valence-corrected chi connectivity index (χ1v) is 10.8. The minimum absolute atomic E-state index is 0.258. The van der Waals surface area contributed by atoms with E-state index in [0.29, 0.717) is 27.6 Å². The average molecular weight is 418 g/mol. The molecule has 1 atom stereocenters. The smallest absolute Gasteiger partial charge is 0.348 e. The van der Waals surface area contributed by atoms with E-state index >= 15 is 0 Å². The van der Waals surface area contributed by atoms with Gasteiger partial charge in [0.1, 0.15) is 4.88 Å². The Bertz CT molecular complexity index is 939. The van der Waals surface area contributed by atoms with Crippen molar-refractivity contribution < 1.29 is 23.9 Å². The maximum absolute atomic E-state index is 12.6. The molecule has 156 valence electrons. The number of fused-ring (bicyclic) bond motifs is 1. The number of H-pyrrole nitrogens is 1. The van der Waals surface area contributed by atoms with Gasteiger partial charge in [0.15, 0.2) is 6.61 Å². The van der Waals surface area contributed by atoms with Crippen LogP contribution in [-0.2, 0) is 22.3 Å². The highest BCUT2D eigenvalue weighted by Gasteiger charge is 2.25. The highest BCUT2D eigenvalue weighted by atomic mass is 32.1. The molecule has 6 nitrogen and oxygen atoms in total. The number of aromatic nitrogens is 1. The van der Waals surface area contributed by atoms with Crippen molar-refractivity contribution in [2.75, 3.05) is 13.2 Å². The number of hydrogen-bond donors (Lipinski definition) is 1. The lowest BCUT2D eigenvalue weighted by Gasteiger charge is -2.19. The van der Waals surface area contributed by atoms with E-state index in [-0.39, 0.29) is 24.7 Å². The number of thiophene rings is 1. The van der Waals surface area contributed by atoms with Crippen molar-refractivity contribution in [3.8, 4) is 0 Å². The van der Waals surface area contributed by atoms with Gasteiger partial charge < -0.3 is 14.5 Å². The molecular formula is C22H27NO5S. The molecule has 0 spiro atoms. The lowest BCUT2D eigenvalue weighted by Crippen LogP contribution is -2.15. The molecule has 2 aromatic heterocycles. The quantitative estimate of drug-likeness (QED) is 0.532. The molecule has 0 amide bonds. The number of esters is 2. The van der Waals surface area contributed by atoms with Gasteiger partial charge >= 0.3 is 11.9 Å². The second-order valence-corrected chi connectivity index (χ2v) is 8.56. The van der Waals surface area contributed by atoms with Crippen LogP contribution in [0.25, 0.3) is 0 Å². The largest absolute Gasteiger partial charge is 0.462 e. The van der Waals surface area contributed by atoms with Crippen molar-refractivity contribution in [3.05, 3.63) is 43.9 Å². The van der Waals surface area contributed by atoms with Gasteiger partial charge in [-0.25, -0.2) is 9.59 Å². The number of ether oxygens (including phenoxy) is 2. The number of aromatic amines is 1. The van der Waals surface area contributed by atoms with Crippen molar-refractivity contribution in [1.29, 1.82) is 0 Å². The lowest BCUT2D eigenvalue weighted by atomic mass is 9.87. The van der Waals surface area contributed by atoms with E-state index in [2.05, 4.69) is 11.9 Å². The number of hydrogen-bond acceptors (Lipinski definition) is 6. The maximum atomic E-state index is 12.6. The Morgan fingerprint density at radius 1 is 1.17 bits per heavy atom. The molecule has 1 N–H and O–H groups in total. The van der Waals surface area contributed by atoms with Gasteiger partial charge in [0.25, 0.3) is 0 Å². The Kier molecular flexibility index (Phi) is 6.57. The molecule has 29 heavy (non-hydrogen) atoms. The predicted octanol–water partition coefficient (Wildman–Crippen LogP) is 4.42. The van der Waals surface area contributed by atoms with E-state index in [1.54, 1.807) is 20.8 Å². The Morgan fingerprint density at radius 3 is 2.62 bits per heavy atom. The Balaban J connectivity index is 1.66. The first-order valence-electron chi connectivity index (χ1n) is 10.0. The number of aryl methyl sites for hydroxylation is 2. The van der Waals surface area contributed by atoms with E-state index in [0.717, 1.165) is 25.7 Å². The van der Waals surface area contributed by atoms with Crippen molar-refractivity contribution in [2.24, 2.45) is 5.92 Å². The number of ketones is 1. The van der Waals surface area contributed by atoms with Gasteiger partial charge in [-0.2, -0.15) is 0 Å². The van der Waals surface area contributed by atoms with Gasteiger partial charge in [0, 0.05) is 10.6 Å². The van der Waals surface area contributed by atoms with Crippen LogP contribution in [0.1, 0.15) is 78.9 Å². The van der Waals surface area contributed by atoms with E-state index in [1.807, 2.05) is 6.07 Å². The third-order valence-electron chi connectivity index (χ3n) is 5.49. The van der Waals surface area contributed by atoms with Crippen molar-refractivity contribution in [1.82, 2.24) is 4.98 Å². The van der Waals surface area contributed by atoms with Crippen LogP contribution in [0.3, 0.4) is 0 Å². The Morgan fingerprint density at radius 2 is 1.93 bits per heavy atom. The van der Waals surface area contributed by atoms with Gasteiger partial charge in [-0.1, -0.05) is 13.3 Å². The Hall–Kier alpha value is -2.41. The lowest BCUT2D eigenvalue weighted by molar-refractivity contribution is 0.0477. The van der Waals surface area contributed by atoms with Gasteiger partial charge in [0.05, 0.1) is 17.9 Å². The molecule has 3 rings (SSSR count). The molecule has 1 aliphatic carbocycles. The summed E-state index contributed by atoms with van der Waals surface area (Å²) in [4.78, 5) is 41.8. The average Bonchev–Trinajstić information content (AvgIpc) is 3.25. The van der Waals surface area contributed by atoms with Crippen LogP contribution in [-0.4, -0.2) is 35.9 Å². The highest BCUT2D eigenvalue weighted by Crippen LogP contribution is 2.33. The molecule has 0 aromatic carbocycles. The molecule has 7 heteroatoms. The third kappa shape index (κ3) is 4.45. The van der Waals surface area contributed by atoms with Crippen molar-refractivity contribution in [2.45, 2.75) is 53.4 Å². The topological polar surface area (TPSA) is 85.5 Å². The zero-order valence-corrected chi connectivity index (χ0v) is 18.2. The fourth-order valence-corrected chi connectivity index (χ4v) is 4.96. The monoisotopic (exact) mass is 417 g/mol. The highest BCUT2D eigenvalue weighted by molar-refractivity contribution is 7.14. The molecule has 2 heterocycles. The van der Waals surface area contributed by atoms with Crippen LogP contribution in [0.2, 0.25) is 0 Å². The van der Waals surface area contributed by atoms with Crippen LogP contribution in [0.4, 0.5) is 0 Å². The predicted molar refractivity (Wildman–Crippen MR) is 111 cm³/mol. The zero-order valence-electron chi connectivity index (χ0n) is 17.3. The first kappa shape index (κ1) is 21.3. The number of rotatable bonds is 7. The Labute approximate surface area is 174 Å². The van der Waals surface area contributed by atoms with Gasteiger partial charge in [-0.3, -0.25) is 4.79 Å². The molecule has 0 saturated heterocycles. The summed E-state index contributed by atoms with van der Waals surface area (Å²) < 4.78 is 10.3. The van der Waals surface area contributed by atoms with Crippen LogP contribution in [0.15, 0.2) is 6.07 Å². The number of Topliss-reactive ketones (excluding diaryl/α,β-unsaturated/α-hetero) is 1.